The van der Waals surface area contributed by atoms with Gasteiger partial charge in [-0.1, -0.05) is 69.7 Å². The SMILES string of the molecule is C=C(c1ccc(CCl)cc1)c1ccc(N(CCCC)CCCC)cc1. The maximum Gasteiger partial charge on any atom is 0.0474 e. The van der Waals surface area contributed by atoms with Crippen LogP contribution in [0.25, 0.3) is 5.57 Å². The van der Waals surface area contributed by atoms with Gasteiger partial charge in [-0.05, 0) is 47.2 Å². The number of rotatable bonds is 10. The van der Waals surface area contributed by atoms with E-state index in [-0.39, 0.29) is 0 Å². The molecule has 2 heteroatoms. The lowest BCUT2D eigenvalue weighted by Gasteiger charge is -2.25. The summed E-state index contributed by atoms with van der Waals surface area (Å²) in [6.07, 6.45) is 4.95. The molecule has 0 aliphatic rings. The third kappa shape index (κ3) is 5.64. The second-order valence-electron chi connectivity index (χ2n) is 6.55. The van der Waals surface area contributed by atoms with Crippen molar-refractivity contribution in [3.8, 4) is 0 Å². The summed E-state index contributed by atoms with van der Waals surface area (Å²) in [7, 11) is 0. The molecule has 0 spiro atoms. The number of alkyl halides is 1. The van der Waals surface area contributed by atoms with E-state index in [9.17, 15) is 0 Å². The Labute approximate surface area is 158 Å². The quantitative estimate of drug-likeness (QED) is 0.419. The van der Waals surface area contributed by atoms with Gasteiger partial charge in [0.15, 0.2) is 0 Å². The first kappa shape index (κ1) is 19.6. The van der Waals surface area contributed by atoms with Crippen molar-refractivity contribution < 1.29 is 0 Å². The van der Waals surface area contributed by atoms with Crippen molar-refractivity contribution >= 4 is 22.9 Å². The number of halogens is 1. The Morgan fingerprint density at radius 3 is 1.76 bits per heavy atom. The van der Waals surface area contributed by atoms with E-state index in [0.29, 0.717) is 5.88 Å². The Morgan fingerprint density at radius 1 is 0.840 bits per heavy atom. The summed E-state index contributed by atoms with van der Waals surface area (Å²) >= 11 is 5.87. The van der Waals surface area contributed by atoms with Crippen LogP contribution in [-0.4, -0.2) is 13.1 Å². The minimum atomic E-state index is 0.548. The zero-order valence-corrected chi connectivity index (χ0v) is 16.4. The number of hydrogen-bond donors (Lipinski definition) is 0. The van der Waals surface area contributed by atoms with Crippen molar-refractivity contribution in [1.29, 1.82) is 0 Å². The molecule has 25 heavy (non-hydrogen) atoms. The molecular formula is C23H30ClN. The minimum Gasteiger partial charge on any atom is -0.372 e. The van der Waals surface area contributed by atoms with Crippen LogP contribution in [0.1, 0.15) is 56.2 Å². The number of anilines is 1. The highest BCUT2D eigenvalue weighted by atomic mass is 35.5. The van der Waals surface area contributed by atoms with Crippen molar-refractivity contribution in [2.24, 2.45) is 0 Å². The van der Waals surface area contributed by atoms with Gasteiger partial charge in [-0.3, -0.25) is 0 Å². The standard InChI is InChI=1S/C23H30ClN/c1-4-6-16-25(17-7-5-2)23-14-12-22(13-15-23)19(3)21-10-8-20(18-24)9-11-21/h8-15H,3-7,16-18H2,1-2H3. The summed E-state index contributed by atoms with van der Waals surface area (Å²) in [5.74, 6) is 0.548. The summed E-state index contributed by atoms with van der Waals surface area (Å²) in [5.41, 5.74) is 5.83. The van der Waals surface area contributed by atoms with Gasteiger partial charge in [-0.2, -0.15) is 0 Å². The van der Waals surface area contributed by atoms with Gasteiger partial charge in [0.25, 0.3) is 0 Å². The monoisotopic (exact) mass is 355 g/mol. The molecule has 0 saturated carbocycles. The van der Waals surface area contributed by atoms with E-state index in [1.54, 1.807) is 0 Å². The van der Waals surface area contributed by atoms with Gasteiger partial charge in [-0.25, -0.2) is 0 Å². The Bertz CT molecular complexity index is 635. The van der Waals surface area contributed by atoms with Crippen LogP contribution in [0, 0.1) is 0 Å². The van der Waals surface area contributed by atoms with Crippen LogP contribution in [0.3, 0.4) is 0 Å². The highest BCUT2D eigenvalue weighted by molar-refractivity contribution is 6.17. The summed E-state index contributed by atoms with van der Waals surface area (Å²) in [6.45, 7) is 11.1. The summed E-state index contributed by atoms with van der Waals surface area (Å²) < 4.78 is 0. The molecule has 134 valence electrons. The molecule has 0 N–H and O–H groups in total. The van der Waals surface area contributed by atoms with Crippen molar-refractivity contribution in [3.63, 3.8) is 0 Å². The van der Waals surface area contributed by atoms with Crippen LogP contribution in [0.4, 0.5) is 5.69 Å². The smallest absolute Gasteiger partial charge is 0.0474 e. The van der Waals surface area contributed by atoms with E-state index in [1.165, 1.54) is 36.9 Å². The van der Waals surface area contributed by atoms with Crippen LogP contribution in [0.15, 0.2) is 55.1 Å². The Hall–Kier alpha value is -1.73. The van der Waals surface area contributed by atoms with Crippen LogP contribution >= 0.6 is 11.6 Å². The fourth-order valence-electron chi connectivity index (χ4n) is 2.90. The topological polar surface area (TPSA) is 3.24 Å². The lowest BCUT2D eigenvalue weighted by Crippen LogP contribution is -2.25. The van der Waals surface area contributed by atoms with E-state index in [4.69, 9.17) is 11.6 Å². The first-order valence-corrected chi connectivity index (χ1v) is 9.92. The number of hydrogen-bond acceptors (Lipinski definition) is 1. The van der Waals surface area contributed by atoms with E-state index in [2.05, 4.69) is 73.9 Å². The number of unbranched alkanes of at least 4 members (excludes halogenated alkanes) is 2. The highest BCUT2D eigenvalue weighted by Crippen LogP contribution is 2.25. The second-order valence-corrected chi connectivity index (χ2v) is 6.82. The van der Waals surface area contributed by atoms with Crippen LogP contribution < -0.4 is 4.90 Å². The minimum absolute atomic E-state index is 0.548. The Balaban J connectivity index is 2.11. The lowest BCUT2D eigenvalue weighted by atomic mass is 9.98. The van der Waals surface area contributed by atoms with E-state index in [0.717, 1.165) is 29.8 Å². The predicted molar refractivity (Wildman–Crippen MR) is 113 cm³/mol. The first-order chi connectivity index (χ1) is 12.2. The molecule has 1 nitrogen and oxygen atoms in total. The molecule has 2 aromatic carbocycles. The molecular weight excluding hydrogens is 326 g/mol. The molecule has 0 heterocycles. The van der Waals surface area contributed by atoms with Gasteiger partial charge in [0.2, 0.25) is 0 Å². The molecule has 0 saturated heterocycles. The summed E-state index contributed by atoms with van der Waals surface area (Å²) in [4.78, 5) is 2.51. The highest BCUT2D eigenvalue weighted by Gasteiger charge is 2.07. The average Bonchev–Trinajstić information content (AvgIpc) is 2.68. The van der Waals surface area contributed by atoms with Crippen LogP contribution in [-0.2, 0) is 5.88 Å². The molecule has 0 aromatic heterocycles. The van der Waals surface area contributed by atoms with Gasteiger partial charge in [0, 0.05) is 24.7 Å². The van der Waals surface area contributed by atoms with Crippen molar-refractivity contribution in [2.75, 3.05) is 18.0 Å². The zero-order chi connectivity index (χ0) is 18.1. The first-order valence-electron chi connectivity index (χ1n) is 9.39. The van der Waals surface area contributed by atoms with E-state index < -0.39 is 0 Å². The molecule has 0 amide bonds. The average molecular weight is 356 g/mol. The summed E-state index contributed by atoms with van der Waals surface area (Å²) in [6, 6.07) is 17.2. The van der Waals surface area contributed by atoms with Crippen LogP contribution in [0.2, 0.25) is 0 Å². The molecule has 0 radical (unpaired) electrons. The Morgan fingerprint density at radius 2 is 1.32 bits per heavy atom. The number of nitrogens with zero attached hydrogens (tertiary/aromatic N) is 1. The molecule has 0 atom stereocenters. The lowest BCUT2D eigenvalue weighted by molar-refractivity contribution is 0.678. The van der Waals surface area contributed by atoms with Crippen molar-refractivity contribution in [3.05, 3.63) is 71.8 Å². The molecule has 0 bridgehead atoms. The summed E-state index contributed by atoms with van der Waals surface area (Å²) in [5, 5.41) is 0. The van der Waals surface area contributed by atoms with E-state index >= 15 is 0 Å². The Kier molecular flexibility index (Phi) is 8.08. The van der Waals surface area contributed by atoms with Gasteiger partial charge >= 0.3 is 0 Å². The third-order valence-corrected chi connectivity index (χ3v) is 4.91. The fourth-order valence-corrected chi connectivity index (χ4v) is 3.08. The molecule has 2 rings (SSSR count). The largest absolute Gasteiger partial charge is 0.372 e. The van der Waals surface area contributed by atoms with Gasteiger partial charge in [0.05, 0.1) is 0 Å². The van der Waals surface area contributed by atoms with Gasteiger partial charge in [0.1, 0.15) is 0 Å². The fraction of sp³-hybridized carbons (Fsp3) is 0.391. The number of benzene rings is 2. The second kappa shape index (κ2) is 10.3. The normalized spacial score (nSPS) is 10.7. The molecule has 0 fully saturated rings. The molecule has 0 aliphatic carbocycles. The maximum absolute atomic E-state index is 5.87. The van der Waals surface area contributed by atoms with Crippen LogP contribution in [0.5, 0.6) is 0 Å². The van der Waals surface area contributed by atoms with Gasteiger partial charge < -0.3 is 4.90 Å². The maximum atomic E-state index is 5.87. The molecule has 0 unspecified atom stereocenters. The van der Waals surface area contributed by atoms with Gasteiger partial charge in [-0.15, -0.1) is 11.6 Å². The van der Waals surface area contributed by atoms with Crippen molar-refractivity contribution in [2.45, 2.75) is 45.4 Å². The molecule has 2 aromatic rings. The van der Waals surface area contributed by atoms with Crippen molar-refractivity contribution in [1.82, 2.24) is 0 Å². The van der Waals surface area contributed by atoms with E-state index in [1.807, 2.05) is 0 Å². The molecule has 0 aliphatic heterocycles. The predicted octanol–water partition coefficient (Wildman–Crippen LogP) is 6.89. The zero-order valence-electron chi connectivity index (χ0n) is 15.6. The third-order valence-electron chi connectivity index (χ3n) is 4.60.